The fraction of sp³-hybridized carbons (Fsp3) is 0.412. The normalized spacial score (nSPS) is 11.8. The minimum absolute atomic E-state index is 0.152. The average Bonchev–Trinajstić information content (AvgIpc) is 2.97. The van der Waals surface area contributed by atoms with Crippen LogP contribution in [0.5, 0.6) is 0 Å². The van der Waals surface area contributed by atoms with Crippen molar-refractivity contribution >= 4 is 23.1 Å². The second-order valence-corrected chi connectivity index (χ2v) is 6.75. The molecule has 2 N–H and O–H groups in total. The van der Waals surface area contributed by atoms with Crippen LogP contribution in [0.25, 0.3) is 0 Å². The molecular weight excluding hydrogens is 308 g/mol. The third kappa shape index (κ3) is 5.25. The van der Waals surface area contributed by atoms with Gasteiger partial charge in [0, 0.05) is 49.9 Å². The van der Waals surface area contributed by atoms with Gasteiger partial charge in [0.1, 0.15) is 0 Å². The van der Waals surface area contributed by atoms with Crippen LogP contribution in [-0.4, -0.2) is 31.7 Å². The minimum atomic E-state index is -0.152. The van der Waals surface area contributed by atoms with Gasteiger partial charge in [0.2, 0.25) is 0 Å². The molecule has 23 heavy (non-hydrogen) atoms. The predicted molar refractivity (Wildman–Crippen MR) is 96.3 cm³/mol. The smallest absolute Gasteiger partial charge is 0.315 e. The van der Waals surface area contributed by atoms with E-state index < -0.39 is 0 Å². The first-order valence-electron chi connectivity index (χ1n) is 7.65. The van der Waals surface area contributed by atoms with E-state index in [1.54, 1.807) is 11.3 Å². The van der Waals surface area contributed by atoms with E-state index in [0.717, 1.165) is 22.0 Å². The number of nitrogens with one attached hydrogen (secondary N) is 2. The molecule has 0 saturated heterocycles. The molecule has 0 aliphatic rings. The molecule has 2 amide bonds. The Morgan fingerprint density at radius 2 is 2.13 bits per heavy atom. The third-order valence-electron chi connectivity index (χ3n) is 3.51. The SMILES string of the molecule is Cc1csc([C@@H](C)CNC(=O)NCc2cccc(N(C)C)c2)n1. The van der Waals surface area contributed by atoms with Gasteiger partial charge in [-0.3, -0.25) is 0 Å². The molecule has 124 valence electrons. The Morgan fingerprint density at radius 1 is 1.35 bits per heavy atom. The second-order valence-electron chi connectivity index (χ2n) is 5.86. The number of carbonyl (C=O) groups is 1. The Hall–Kier alpha value is -2.08. The van der Waals surface area contributed by atoms with Crippen molar-refractivity contribution in [1.82, 2.24) is 15.6 Å². The first-order chi connectivity index (χ1) is 11.0. The molecule has 0 radical (unpaired) electrons. The molecule has 0 fully saturated rings. The van der Waals surface area contributed by atoms with Crippen molar-refractivity contribution in [3.63, 3.8) is 0 Å². The Kier molecular flexibility index (Phi) is 5.98. The Bertz CT molecular complexity index is 654. The number of urea groups is 1. The van der Waals surface area contributed by atoms with Crippen LogP contribution in [0.1, 0.15) is 29.1 Å². The summed E-state index contributed by atoms with van der Waals surface area (Å²) >= 11 is 1.64. The lowest BCUT2D eigenvalue weighted by atomic mass is 10.2. The summed E-state index contributed by atoms with van der Waals surface area (Å²) in [4.78, 5) is 18.4. The van der Waals surface area contributed by atoms with E-state index in [2.05, 4.69) is 28.6 Å². The fourth-order valence-corrected chi connectivity index (χ4v) is 2.98. The molecule has 0 bridgehead atoms. The largest absolute Gasteiger partial charge is 0.378 e. The van der Waals surface area contributed by atoms with Crippen LogP contribution in [0, 0.1) is 6.92 Å². The zero-order valence-corrected chi connectivity index (χ0v) is 14.9. The molecule has 0 aliphatic carbocycles. The molecule has 6 heteroatoms. The first kappa shape index (κ1) is 17.3. The Morgan fingerprint density at radius 3 is 2.78 bits per heavy atom. The van der Waals surface area contributed by atoms with E-state index in [9.17, 15) is 4.79 Å². The van der Waals surface area contributed by atoms with Crippen molar-refractivity contribution in [1.29, 1.82) is 0 Å². The standard InChI is InChI=1S/C17H24N4OS/c1-12(16-20-13(2)11-23-16)9-18-17(22)19-10-14-6-5-7-15(8-14)21(3)4/h5-8,11-12H,9-10H2,1-4H3,(H2,18,19,22)/t12-/m0/s1. The van der Waals surface area contributed by atoms with Gasteiger partial charge in [0.15, 0.2) is 0 Å². The van der Waals surface area contributed by atoms with E-state index in [1.807, 2.05) is 49.5 Å². The summed E-state index contributed by atoms with van der Waals surface area (Å²) in [6.45, 7) is 5.14. The van der Waals surface area contributed by atoms with Gasteiger partial charge >= 0.3 is 6.03 Å². The molecule has 0 saturated carbocycles. The van der Waals surface area contributed by atoms with Crippen molar-refractivity contribution < 1.29 is 4.79 Å². The molecule has 0 aliphatic heterocycles. The van der Waals surface area contributed by atoms with Gasteiger partial charge in [0.25, 0.3) is 0 Å². The van der Waals surface area contributed by atoms with Crippen molar-refractivity contribution in [2.75, 3.05) is 25.5 Å². The van der Waals surface area contributed by atoms with Crippen molar-refractivity contribution in [3.8, 4) is 0 Å². The molecule has 2 aromatic rings. The van der Waals surface area contributed by atoms with Gasteiger partial charge in [-0.1, -0.05) is 19.1 Å². The molecule has 5 nitrogen and oxygen atoms in total. The number of hydrogen-bond donors (Lipinski definition) is 2. The van der Waals surface area contributed by atoms with Crippen LogP contribution in [0.3, 0.4) is 0 Å². The number of thiazole rings is 1. The number of aryl methyl sites for hydroxylation is 1. The molecule has 0 unspecified atom stereocenters. The number of aromatic nitrogens is 1. The summed E-state index contributed by atoms with van der Waals surface area (Å²) in [5.74, 6) is 0.219. The van der Waals surface area contributed by atoms with Crippen molar-refractivity contribution in [3.05, 3.63) is 45.9 Å². The number of benzene rings is 1. The summed E-state index contributed by atoms with van der Waals surface area (Å²) in [6.07, 6.45) is 0. The maximum Gasteiger partial charge on any atom is 0.315 e. The van der Waals surface area contributed by atoms with Crippen molar-refractivity contribution in [2.24, 2.45) is 0 Å². The lowest BCUT2D eigenvalue weighted by Crippen LogP contribution is -2.37. The summed E-state index contributed by atoms with van der Waals surface area (Å²) in [5.41, 5.74) is 3.23. The highest BCUT2D eigenvalue weighted by Crippen LogP contribution is 2.18. The van der Waals surface area contributed by atoms with Gasteiger partial charge in [-0.2, -0.15) is 0 Å². The summed E-state index contributed by atoms with van der Waals surface area (Å²) in [7, 11) is 4.00. The lowest BCUT2D eigenvalue weighted by molar-refractivity contribution is 0.240. The van der Waals surface area contributed by atoms with Crippen LogP contribution >= 0.6 is 11.3 Å². The quantitative estimate of drug-likeness (QED) is 0.854. The molecule has 1 aromatic carbocycles. The van der Waals surface area contributed by atoms with Gasteiger partial charge in [0.05, 0.1) is 5.01 Å². The summed E-state index contributed by atoms with van der Waals surface area (Å²) in [5, 5.41) is 8.88. The van der Waals surface area contributed by atoms with Gasteiger partial charge < -0.3 is 15.5 Å². The highest BCUT2D eigenvalue weighted by Gasteiger charge is 2.11. The molecule has 0 spiro atoms. The monoisotopic (exact) mass is 332 g/mol. The molecule has 1 heterocycles. The van der Waals surface area contributed by atoms with Crippen LogP contribution in [-0.2, 0) is 6.54 Å². The number of amides is 2. The topological polar surface area (TPSA) is 57.3 Å². The van der Waals surface area contributed by atoms with Gasteiger partial charge in [-0.25, -0.2) is 9.78 Å². The highest BCUT2D eigenvalue weighted by atomic mass is 32.1. The number of carbonyl (C=O) groups excluding carboxylic acids is 1. The van der Waals surface area contributed by atoms with Gasteiger partial charge in [-0.15, -0.1) is 11.3 Å². The molecule has 1 aromatic heterocycles. The first-order valence-corrected chi connectivity index (χ1v) is 8.53. The molecular formula is C17H24N4OS. The number of anilines is 1. The maximum absolute atomic E-state index is 11.9. The number of nitrogens with zero attached hydrogens (tertiary/aromatic N) is 2. The van der Waals surface area contributed by atoms with E-state index >= 15 is 0 Å². The van der Waals surface area contributed by atoms with E-state index in [0.29, 0.717) is 13.1 Å². The number of hydrogen-bond acceptors (Lipinski definition) is 4. The average molecular weight is 332 g/mol. The number of rotatable bonds is 6. The highest BCUT2D eigenvalue weighted by molar-refractivity contribution is 7.09. The third-order valence-corrected chi connectivity index (χ3v) is 4.70. The second kappa shape index (κ2) is 7.97. The lowest BCUT2D eigenvalue weighted by Gasteiger charge is -2.14. The van der Waals surface area contributed by atoms with Crippen LogP contribution < -0.4 is 15.5 Å². The zero-order chi connectivity index (χ0) is 16.8. The Balaban J connectivity index is 1.78. The molecule has 2 rings (SSSR count). The van der Waals surface area contributed by atoms with Crippen LogP contribution in [0.4, 0.5) is 10.5 Å². The summed E-state index contributed by atoms with van der Waals surface area (Å²) in [6, 6.07) is 7.97. The fourth-order valence-electron chi connectivity index (χ4n) is 2.12. The maximum atomic E-state index is 11.9. The Labute approximate surface area is 141 Å². The predicted octanol–water partition coefficient (Wildman–Crippen LogP) is 3.12. The summed E-state index contributed by atoms with van der Waals surface area (Å²) < 4.78 is 0. The van der Waals surface area contributed by atoms with E-state index in [1.165, 1.54) is 0 Å². The van der Waals surface area contributed by atoms with E-state index in [-0.39, 0.29) is 11.9 Å². The zero-order valence-electron chi connectivity index (χ0n) is 14.1. The van der Waals surface area contributed by atoms with Crippen LogP contribution in [0.15, 0.2) is 29.6 Å². The van der Waals surface area contributed by atoms with Gasteiger partial charge in [-0.05, 0) is 24.6 Å². The van der Waals surface area contributed by atoms with Crippen LogP contribution in [0.2, 0.25) is 0 Å². The minimum Gasteiger partial charge on any atom is -0.378 e. The van der Waals surface area contributed by atoms with E-state index in [4.69, 9.17) is 0 Å². The van der Waals surface area contributed by atoms with Crippen molar-refractivity contribution in [2.45, 2.75) is 26.3 Å². The molecule has 1 atom stereocenters.